The number of sulfonamides is 1. The minimum Gasteiger partial charge on any atom is -0.463 e. The summed E-state index contributed by atoms with van der Waals surface area (Å²) in [7, 11) is -3.94. The molecule has 0 aromatic heterocycles. The van der Waals surface area contributed by atoms with Crippen molar-refractivity contribution in [2.75, 3.05) is 6.61 Å². The fourth-order valence-corrected chi connectivity index (χ4v) is 2.22. The number of rotatable bonds is 5. The lowest BCUT2D eigenvalue weighted by atomic mass is 10.2. The number of aliphatic hydroxyl groups is 1. The van der Waals surface area contributed by atoms with Crippen LogP contribution in [0.25, 0.3) is 0 Å². The number of aliphatic hydroxyl groups excluding tert-OH is 1. The van der Waals surface area contributed by atoms with Gasteiger partial charge in [-0.1, -0.05) is 17.7 Å². The van der Waals surface area contributed by atoms with Crippen molar-refractivity contribution in [1.82, 2.24) is 4.72 Å². The fourth-order valence-electron chi connectivity index (χ4n) is 1.20. The summed E-state index contributed by atoms with van der Waals surface area (Å²) < 4.78 is 29.9. The molecule has 0 aliphatic carbocycles. The lowest BCUT2D eigenvalue weighted by Gasteiger charge is -2.12. The van der Waals surface area contributed by atoms with E-state index in [1.807, 2.05) is 11.6 Å². The minimum atomic E-state index is -3.94. The van der Waals surface area contributed by atoms with E-state index in [9.17, 15) is 18.3 Å². The average molecular weight is 273 g/mol. The maximum absolute atomic E-state index is 11.8. The number of benzene rings is 1. The number of esters is 1. The summed E-state index contributed by atoms with van der Waals surface area (Å²) in [5, 5.41) is 9.34. The van der Waals surface area contributed by atoms with E-state index < -0.39 is 22.2 Å². The highest BCUT2D eigenvalue weighted by Gasteiger charge is 2.24. The molecule has 0 bridgehead atoms. The summed E-state index contributed by atoms with van der Waals surface area (Å²) in [5.41, 5.74) is 0.903. The van der Waals surface area contributed by atoms with Crippen LogP contribution >= 0.6 is 0 Å². The highest BCUT2D eigenvalue weighted by molar-refractivity contribution is 7.89. The quantitative estimate of drug-likeness (QED) is 0.588. The number of ether oxygens (including phenoxy) is 1. The van der Waals surface area contributed by atoms with E-state index in [2.05, 4.69) is 4.74 Å². The average Bonchev–Trinajstić information content (AvgIpc) is 2.29. The second-order valence-electron chi connectivity index (χ2n) is 3.59. The predicted molar refractivity (Wildman–Crippen MR) is 64.1 cm³/mol. The van der Waals surface area contributed by atoms with Crippen molar-refractivity contribution in [1.29, 1.82) is 0 Å². The number of carbonyl (C=O) groups excluding carboxylic acids is 1. The lowest BCUT2D eigenvalue weighted by Crippen LogP contribution is -2.41. The van der Waals surface area contributed by atoms with E-state index >= 15 is 0 Å². The maximum atomic E-state index is 11.8. The monoisotopic (exact) mass is 273 g/mol. The molecule has 6 nitrogen and oxygen atoms in total. The third kappa shape index (κ3) is 3.80. The highest BCUT2D eigenvalue weighted by Crippen LogP contribution is 2.10. The van der Waals surface area contributed by atoms with Crippen LogP contribution in [0.2, 0.25) is 0 Å². The van der Waals surface area contributed by atoms with Gasteiger partial charge in [0.25, 0.3) is 0 Å². The molecule has 100 valence electrons. The van der Waals surface area contributed by atoms with Gasteiger partial charge in [0, 0.05) is 0 Å². The summed E-state index contributed by atoms with van der Waals surface area (Å²) in [5.74, 6) is -1.03. The molecule has 1 atom stereocenters. The maximum Gasteiger partial charge on any atom is 0.351 e. The van der Waals surface area contributed by atoms with E-state index in [-0.39, 0.29) is 11.5 Å². The molecular weight excluding hydrogens is 258 g/mol. The molecule has 0 saturated heterocycles. The summed E-state index contributed by atoms with van der Waals surface area (Å²) in [4.78, 5) is 11.1. The lowest BCUT2D eigenvalue weighted by molar-refractivity contribution is -0.153. The van der Waals surface area contributed by atoms with E-state index in [1.54, 1.807) is 19.1 Å². The van der Waals surface area contributed by atoms with Gasteiger partial charge in [0.15, 0.2) is 0 Å². The first-order valence-electron chi connectivity index (χ1n) is 5.30. The normalized spacial score (nSPS) is 13.1. The van der Waals surface area contributed by atoms with Crippen molar-refractivity contribution in [3.8, 4) is 0 Å². The van der Waals surface area contributed by atoms with Crippen molar-refractivity contribution in [3.63, 3.8) is 0 Å². The first-order valence-corrected chi connectivity index (χ1v) is 6.79. The third-order valence-corrected chi connectivity index (χ3v) is 3.53. The summed E-state index contributed by atoms with van der Waals surface area (Å²) >= 11 is 0. The van der Waals surface area contributed by atoms with Crippen LogP contribution in [0.15, 0.2) is 29.2 Å². The van der Waals surface area contributed by atoms with Gasteiger partial charge in [0.05, 0.1) is 11.5 Å². The van der Waals surface area contributed by atoms with Crippen molar-refractivity contribution in [2.24, 2.45) is 0 Å². The van der Waals surface area contributed by atoms with E-state index in [4.69, 9.17) is 0 Å². The molecule has 1 aromatic carbocycles. The second kappa shape index (κ2) is 5.94. The van der Waals surface area contributed by atoms with Crippen molar-refractivity contribution in [2.45, 2.75) is 25.0 Å². The van der Waals surface area contributed by atoms with Gasteiger partial charge in [-0.3, -0.25) is 0 Å². The highest BCUT2D eigenvalue weighted by atomic mass is 32.2. The molecule has 1 unspecified atom stereocenters. The predicted octanol–water partition coefficient (Wildman–Crippen LogP) is 0.155. The largest absolute Gasteiger partial charge is 0.463 e. The van der Waals surface area contributed by atoms with Gasteiger partial charge >= 0.3 is 5.97 Å². The van der Waals surface area contributed by atoms with Crippen molar-refractivity contribution in [3.05, 3.63) is 29.8 Å². The smallest absolute Gasteiger partial charge is 0.351 e. The van der Waals surface area contributed by atoms with Gasteiger partial charge in [-0.15, -0.1) is 0 Å². The molecular formula is C11H15NO5S. The third-order valence-electron chi connectivity index (χ3n) is 2.11. The molecule has 0 aliphatic rings. The van der Waals surface area contributed by atoms with Gasteiger partial charge in [0.1, 0.15) is 0 Å². The molecule has 0 heterocycles. The summed E-state index contributed by atoms with van der Waals surface area (Å²) in [6.45, 7) is 3.43. The Kier molecular flexibility index (Phi) is 4.83. The van der Waals surface area contributed by atoms with Crippen LogP contribution in [0.4, 0.5) is 0 Å². The van der Waals surface area contributed by atoms with Crippen LogP contribution in [-0.4, -0.2) is 32.3 Å². The number of hydrogen-bond acceptors (Lipinski definition) is 5. The van der Waals surface area contributed by atoms with Crippen molar-refractivity contribution < 1.29 is 23.1 Å². The number of carbonyl (C=O) groups is 1. The Morgan fingerprint density at radius 1 is 1.39 bits per heavy atom. The van der Waals surface area contributed by atoms with Crippen LogP contribution < -0.4 is 4.72 Å². The van der Waals surface area contributed by atoms with Gasteiger partial charge in [-0.2, -0.15) is 4.72 Å². The van der Waals surface area contributed by atoms with E-state index in [0.29, 0.717) is 0 Å². The SMILES string of the molecule is CCOC(=O)C(O)NS(=O)(=O)c1ccc(C)cc1. The molecule has 0 aliphatic heterocycles. The van der Waals surface area contributed by atoms with Crippen molar-refractivity contribution >= 4 is 16.0 Å². The Morgan fingerprint density at radius 3 is 2.44 bits per heavy atom. The molecule has 0 saturated carbocycles. The van der Waals surface area contributed by atoms with E-state index in [0.717, 1.165) is 5.56 Å². The topological polar surface area (TPSA) is 92.7 Å². The van der Waals surface area contributed by atoms with Gasteiger partial charge in [-0.25, -0.2) is 13.2 Å². The Labute approximate surface area is 106 Å². The van der Waals surface area contributed by atoms with Crippen LogP contribution in [0, 0.1) is 6.92 Å². The zero-order chi connectivity index (χ0) is 13.8. The zero-order valence-corrected chi connectivity index (χ0v) is 10.9. The Bertz CT molecular complexity index is 509. The fraction of sp³-hybridized carbons (Fsp3) is 0.364. The van der Waals surface area contributed by atoms with Crippen LogP contribution in [0.1, 0.15) is 12.5 Å². The Balaban J connectivity index is 2.82. The van der Waals surface area contributed by atoms with E-state index in [1.165, 1.54) is 12.1 Å². The zero-order valence-electron chi connectivity index (χ0n) is 10.1. The summed E-state index contributed by atoms with van der Waals surface area (Å²) in [6, 6.07) is 6.00. The number of hydrogen-bond donors (Lipinski definition) is 2. The molecule has 18 heavy (non-hydrogen) atoms. The Morgan fingerprint density at radius 2 is 1.94 bits per heavy atom. The number of nitrogens with one attached hydrogen (secondary N) is 1. The number of aryl methyl sites for hydroxylation is 1. The molecule has 7 heteroatoms. The van der Waals surface area contributed by atoms with Crippen LogP contribution in [0.5, 0.6) is 0 Å². The molecule has 1 aromatic rings. The standard InChI is InChI=1S/C11H15NO5S/c1-3-17-11(14)10(13)12-18(15,16)9-6-4-8(2)5-7-9/h4-7,10,12-13H,3H2,1-2H3. The molecule has 0 fully saturated rings. The molecule has 0 amide bonds. The van der Waals surface area contributed by atoms with Crippen LogP contribution in [-0.2, 0) is 19.6 Å². The first kappa shape index (κ1) is 14.6. The second-order valence-corrected chi connectivity index (χ2v) is 5.30. The van der Waals surface area contributed by atoms with Gasteiger partial charge < -0.3 is 9.84 Å². The van der Waals surface area contributed by atoms with Gasteiger partial charge in [-0.05, 0) is 26.0 Å². The molecule has 2 N–H and O–H groups in total. The van der Waals surface area contributed by atoms with Crippen LogP contribution in [0.3, 0.4) is 0 Å². The molecule has 0 radical (unpaired) electrons. The van der Waals surface area contributed by atoms with Gasteiger partial charge in [0.2, 0.25) is 16.3 Å². The minimum absolute atomic E-state index is 0.0311. The molecule has 1 rings (SSSR count). The Hall–Kier alpha value is -1.44. The molecule has 0 spiro atoms. The first-order chi connectivity index (χ1) is 8.36. The summed E-state index contributed by atoms with van der Waals surface area (Å²) in [6.07, 6.45) is -1.91.